The van der Waals surface area contributed by atoms with Crippen LogP contribution in [-0.4, -0.2) is 35.9 Å². The summed E-state index contributed by atoms with van der Waals surface area (Å²) in [5.41, 5.74) is 2.11. The van der Waals surface area contributed by atoms with Crippen molar-refractivity contribution in [3.05, 3.63) is 29.8 Å². The Labute approximate surface area is 132 Å². The van der Waals surface area contributed by atoms with Crippen LogP contribution >= 0.6 is 0 Å². The first-order valence-electron chi connectivity index (χ1n) is 8.29. The predicted octanol–water partition coefficient (Wildman–Crippen LogP) is 3.35. The summed E-state index contributed by atoms with van der Waals surface area (Å²) < 4.78 is 0. The van der Waals surface area contributed by atoms with Crippen LogP contribution in [0.2, 0.25) is 0 Å². The van der Waals surface area contributed by atoms with E-state index in [2.05, 4.69) is 23.9 Å². The second-order valence-corrected chi connectivity index (χ2v) is 6.52. The van der Waals surface area contributed by atoms with Crippen molar-refractivity contribution < 1.29 is 4.79 Å². The van der Waals surface area contributed by atoms with Crippen molar-refractivity contribution in [2.75, 3.05) is 11.9 Å². The van der Waals surface area contributed by atoms with E-state index in [1.807, 2.05) is 31.2 Å². The van der Waals surface area contributed by atoms with Crippen LogP contribution in [0.4, 0.5) is 5.69 Å². The van der Waals surface area contributed by atoms with Gasteiger partial charge in [-0.1, -0.05) is 37.0 Å². The fourth-order valence-corrected chi connectivity index (χ4v) is 3.39. The van der Waals surface area contributed by atoms with Crippen LogP contribution < -0.4 is 4.90 Å². The van der Waals surface area contributed by atoms with Gasteiger partial charge in [-0.15, -0.1) is 0 Å². The predicted molar refractivity (Wildman–Crippen MR) is 90.2 cm³/mol. The van der Waals surface area contributed by atoms with Gasteiger partial charge in [-0.05, 0) is 38.8 Å². The van der Waals surface area contributed by atoms with Crippen LogP contribution in [0.25, 0.3) is 0 Å². The van der Waals surface area contributed by atoms with E-state index in [-0.39, 0.29) is 11.9 Å². The Hall–Kier alpha value is -1.84. The Morgan fingerprint density at radius 3 is 2.41 bits per heavy atom. The molecule has 1 atom stereocenters. The fraction of sp³-hybridized carbons (Fsp3) is 0.556. The first kappa shape index (κ1) is 15.1. The lowest BCUT2D eigenvalue weighted by Crippen LogP contribution is -2.47. The van der Waals surface area contributed by atoms with Crippen molar-refractivity contribution in [2.45, 2.75) is 58.0 Å². The maximum Gasteiger partial charge on any atom is 0.258 e. The number of hydrogen-bond acceptors (Lipinski definition) is 3. The Morgan fingerprint density at radius 1 is 1.14 bits per heavy atom. The van der Waals surface area contributed by atoms with E-state index >= 15 is 0 Å². The van der Waals surface area contributed by atoms with Gasteiger partial charge in [0.2, 0.25) is 5.96 Å². The van der Waals surface area contributed by atoms with E-state index in [0.29, 0.717) is 6.04 Å². The summed E-state index contributed by atoms with van der Waals surface area (Å²) in [7, 11) is 2.08. The zero-order valence-corrected chi connectivity index (χ0v) is 13.7. The number of carbonyl (C=O) groups excluding carboxylic acids is 1. The number of aryl methyl sites for hydroxylation is 1. The second kappa shape index (κ2) is 6.11. The third kappa shape index (κ3) is 2.74. The smallest absolute Gasteiger partial charge is 0.258 e. The lowest BCUT2D eigenvalue weighted by molar-refractivity contribution is -0.117. The molecule has 1 saturated carbocycles. The molecule has 1 heterocycles. The Morgan fingerprint density at radius 2 is 1.77 bits per heavy atom. The molecular formula is C18H25N3O. The van der Waals surface area contributed by atoms with E-state index in [1.54, 1.807) is 4.90 Å². The van der Waals surface area contributed by atoms with Gasteiger partial charge in [0.1, 0.15) is 6.04 Å². The highest BCUT2D eigenvalue weighted by molar-refractivity contribution is 6.21. The van der Waals surface area contributed by atoms with Gasteiger partial charge in [0.25, 0.3) is 5.91 Å². The highest BCUT2D eigenvalue weighted by atomic mass is 16.2. The largest absolute Gasteiger partial charge is 0.342 e. The van der Waals surface area contributed by atoms with Gasteiger partial charge in [-0.3, -0.25) is 4.79 Å². The van der Waals surface area contributed by atoms with Crippen LogP contribution in [0.1, 0.15) is 44.6 Å². The van der Waals surface area contributed by atoms with E-state index in [0.717, 1.165) is 11.6 Å². The molecule has 22 heavy (non-hydrogen) atoms. The standard InChI is InChI=1S/C18H25N3O/c1-13-9-11-16(12-10-13)21-17(22)14(2)19-18(21)20(3)15-7-5-4-6-8-15/h9-12,14-15H,4-8H2,1-3H3. The molecule has 0 saturated heterocycles. The van der Waals surface area contributed by atoms with Crippen LogP contribution in [0.3, 0.4) is 0 Å². The molecule has 2 aliphatic rings. The molecule has 0 radical (unpaired) electrons. The summed E-state index contributed by atoms with van der Waals surface area (Å²) in [6.07, 6.45) is 6.26. The third-order valence-electron chi connectivity index (χ3n) is 4.82. The topological polar surface area (TPSA) is 35.9 Å². The average molecular weight is 299 g/mol. The van der Waals surface area contributed by atoms with Crippen molar-refractivity contribution in [1.82, 2.24) is 4.90 Å². The Balaban J connectivity index is 1.88. The number of anilines is 1. The second-order valence-electron chi connectivity index (χ2n) is 6.52. The van der Waals surface area contributed by atoms with Gasteiger partial charge in [-0.2, -0.15) is 0 Å². The maximum atomic E-state index is 12.6. The number of guanidine groups is 1. The monoisotopic (exact) mass is 299 g/mol. The lowest BCUT2D eigenvalue weighted by atomic mass is 9.94. The molecule has 1 aliphatic carbocycles. The highest BCUT2D eigenvalue weighted by Gasteiger charge is 2.36. The van der Waals surface area contributed by atoms with Gasteiger partial charge in [0.15, 0.2) is 0 Å². The molecule has 4 heteroatoms. The maximum absolute atomic E-state index is 12.6. The molecule has 1 unspecified atom stereocenters. The minimum atomic E-state index is -0.289. The number of carbonyl (C=O) groups is 1. The van der Waals surface area contributed by atoms with E-state index < -0.39 is 0 Å². The molecule has 1 aromatic carbocycles. The van der Waals surface area contributed by atoms with Crippen molar-refractivity contribution in [2.24, 2.45) is 4.99 Å². The summed E-state index contributed by atoms with van der Waals surface area (Å²) in [5.74, 6) is 0.884. The van der Waals surface area contributed by atoms with Crippen molar-refractivity contribution in [1.29, 1.82) is 0 Å². The number of rotatable bonds is 2. The van der Waals surface area contributed by atoms with Crippen molar-refractivity contribution in [3.63, 3.8) is 0 Å². The van der Waals surface area contributed by atoms with Gasteiger partial charge in [-0.25, -0.2) is 9.89 Å². The van der Waals surface area contributed by atoms with Crippen molar-refractivity contribution in [3.8, 4) is 0 Å². The molecule has 0 spiro atoms. The molecular weight excluding hydrogens is 274 g/mol. The quantitative estimate of drug-likeness (QED) is 0.839. The minimum Gasteiger partial charge on any atom is -0.342 e. The Bertz CT molecular complexity index is 572. The first-order chi connectivity index (χ1) is 10.6. The third-order valence-corrected chi connectivity index (χ3v) is 4.82. The molecule has 1 aromatic rings. The summed E-state index contributed by atoms with van der Waals surface area (Å²) in [4.78, 5) is 21.2. The fourth-order valence-electron chi connectivity index (χ4n) is 3.39. The van der Waals surface area contributed by atoms with Crippen LogP contribution in [0.15, 0.2) is 29.3 Å². The van der Waals surface area contributed by atoms with Crippen LogP contribution in [0.5, 0.6) is 0 Å². The Kier molecular flexibility index (Phi) is 4.19. The molecule has 118 valence electrons. The SMILES string of the molecule is Cc1ccc(N2C(=O)C(C)N=C2N(C)C2CCCCC2)cc1. The molecule has 0 aromatic heterocycles. The summed E-state index contributed by atoms with van der Waals surface area (Å²) >= 11 is 0. The average Bonchev–Trinajstić information content (AvgIpc) is 2.84. The van der Waals surface area contributed by atoms with Gasteiger partial charge in [0.05, 0.1) is 5.69 Å². The molecule has 3 rings (SSSR count). The van der Waals surface area contributed by atoms with Crippen LogP contribution in [-0.2, 0) is 4.79 Å². The number of amides is 1. The zero-order chi connectivity index (χ0) is 15.7. The number of hydrogen-bond donors (Lipinski definition) is 0. The molecule has 1 fully saturated rings. The molecule has 0 bridgehead atoms. The molecule has 0 N–H and O–H groups in total. The number of aliphatic imine (C=N–C) groups is 1. The number of benzene rings is 1. The molecule has 1 aliphatic heterocycles. The van der Waals surface area contributed by atoms with E-state index in [1.165, 1.54) is 37.7 Å². The minimum absolute atomic E-state index is 0.0708. The summed E-state index contributed by atoms with van der Waals surface area (Å²) in [5, 5.41) is 0. The lowest BCUT2D eigenvalue weighted by Gasteiger charge is -2.35. The van der Waals surface area contributed by atoms with Crippen molar-refractivity contribution >= 4 is 17.6 Å². The summed E-state index contributed by atoms with van der Waals surface area (Å²) in [6.45, 7) is 3.94. The summed E-state index contributed by atoms with van der Waals surface area (Å²) in [6, 6.07) is 8.32. The zero-order valence-electron chi connectivity index (χ0n) is 13.7. The van der Waals surface area contributed by atoms with Gasteiger partial charge < -0.3 is 4.90 Å². The van der Waals surface area contributed by atoms with E-state index in [9.17, 15) is 4.79 Å². The van der Waals surface area contributed by atoms with Crippen LogP contribution in [0, 0.1) is 6.92 Å². The first-order valence-corrected chi connectivity index (χ1v) is 8.29. The van der Waals surface area contributed by atoms with Gasteiger partial charge >= 0.3 is 0 Å². The van der Waals surface area contributed by atoms with E-state index in [4.69, 9.17) is 0 Å². The normalized spacial score (nSPS) is 22.9. The highest BCUT2D eigenvalue weighted by Crippen LogP contribution is 2.27. The molecule has 4 nitrogen and oxygen atoms in total. The van der Waals surface area contributed by atoms with Gasteiger partial charge in [0, 0.05) is 13.1 Å². The molecule has 1 amide bonds. The number of nitrogens with zero attached hydrogens (tertiary/aromatic N) is 3.